The Morgan fingerprint density at radius 3 is 3.00 bits per heavy atom. The summed E-state index contributed by atoms with van der Waals surface area (Å²) in [6.45, 7) is 2.82. The topological polar surface area (TPSA) is 55.0 Å². The molecule has 1 saturated heterocycles. The fourth-order valence-electron chi connectivity index (χ4n) is 2.07. The molecule has 0 spiro atoms. The lowest BCUT2D eigenvalue weighted by Gasteiger charge is -2.22. The normalized spacial score (nSPS) is 20.5. The lowest BCUT2D eigenvalue weighted by Crippen LogP contribution is -2.25. The van der Waals surface area contributed by atoms with Gasteiger partial charge in [-0.3, -0.25) is 4.79 Å². The van der Waals surface area contributed by atoms with Crippen molar-refractivity contribution in [3.63, 3.8) is 0 Å². The molecule has 1 aromatic heterocycles. The van der Waals surface area contributed by atoms with Gasteiger partial charge in [0.15, 0.2) is 0 Å². The quantitative estimate of drug-likeness (QED) is 0.931. The second-order valence-electron chi connectivity index (χ2n) is 4.32. The second kappa shape index (κ2) is 5.78. The first-order chi connectivity index (χ1) is 8.20. The Kier molecular flexibility index (Phi) is 4.34. The van der Waals surface area contributed by atoms with Gasteiger partial charge in [0.2, 0.25) is 0 Å². The minimum Gasteiger partial charge on any atom is -0.378 e. The predicted octanol–water partition coefficient (Wildman–Crippen LogP) is 2.21. The van der Waals surface area contributed by atoms with Crippen LogP contribution in [-0.4, -0.2) is 22.7 Å². The minimum atomic E-state index is -0.0948. The number of hydrogen-bond donors (Lipinski definition) is 1. The molecule has 1 aliphatic heterocycles. The van der Waals surface area contributed by atoms with E-state index in [0.29, 0.717) is 10.9 Å². The molecule has 0 amide bonds. The van der Waals surface area contributed by atoms with E-state index in [2.05, 4.69) is 25.9 Å². The Morgan fingerprint density at radius 1 is 1.53 bits per heavy atom. The number of aromatic nitrogens is 2. The molecular weight excluding hydrogens is 284 g/mol. The third-order valence-corrected chi connectivity index (χ3v) is 3.83. The van der Waals surface area contributed by atoms with E-state index >= 15 is 0 Å². The van der Waals surface area contributed by atoms with Gasteiger partial charge < -0.3 is 9.72 Å². The van der Waals surface area contributed by atoms with Crippen LogP contribution >= 0.6 is 15.9 Å². The monoisotopic (exact) mass is 300 g/mol. The van der Waals surface area contributed by atoms with Crippen LogP contribution in [0, 0.1) is 0 Å². The van der Waals surface area contributed by atoms with Gasteiger partial charge in [0, 0.05) is 13.0 Å². The smallest absolute Gasteiger partial charge is 0.265 e. The van der Waals surface area contributed by atoms with Crippen LogP contribution in [0.5, 0.6) is 0 Å². The van der Waals surface area contributed by atoms with E-state index < -0.39 is 0 Å². The van der Waals surface area contributed by atoms with E-state index in [1.165, 1.54) is 6.42 Å². The maximum absolute atomic E-state index is 11.7. The Bertz CT molecular complexity index is 439. The minimum absolute atomic E-state index is 0.0948. The summed E-state index contributed by atoms with van der Waals surface area (Å²) in [4.78, 5) is 18.9. The van der Waals surface area contributed by atoms with Crippen LogP contribution in [0.2, 0.25) is 0 Å². The molecule has 1 atom stereocenters. The number of nitrogens with zero attached hydrogens (tertiary/aromatic N) is 1. The number of aryl methyl sites for hydroxylation is 1. The second-order valence-corrected chi connectivity index (χ2v) is 5.11. The van der Waals surface area contributed by atoms with E-state index in [0.717, 1.165) is 37.4 Å². The standard InChI is InChI=1S/C12H17BrN2O2/c1-2-9-11(13)12(16)15-10(14-9)7-8-5-3-4-6-17-8/h8H,2-7H2,1H3,(H,14,15,16). The van der Waals surface area contributed by atoms with E-state index in [9.17, 15) is 4.79 Å². The van der Waals surface area contributed by atoms with Gasteiger partial charge in [-0.15, -0.1) is 0 Å². The average Bonchev–Trinajstić information content (AvgIpc) is 2.35. The highest BCUT2D eigenvalue weighted by molar-refractivity contribution is 9.10. The summed E-state index contributed by atoms with van der Waals surface area (Å²) in [6.07, 6.45) is 5.06. The van der Waals surface area contributed by atoms with Gasteiger partial charge >= 0.3 is 0 Å². The first-order valence-corrected chi connectivity index (χ1v) is 6.89. The molecule has 0 aromatic carbocycles. The van der Waals surface area contributed by atoms with Crippen LogP contribution < -0.4 is 5.56 Å². The summed E-state index contributed by atoms with van der Waals surface area (Å²) in [5.74, 6) is 0.738. The van der Waals surface area contributed by atoms with Crippen molar-refractivity contribution in [3.05, 3.63) is 26.3 Å². The van der Waals surface area contributed by atoms with Gasteiger partial charge in [-0.1, -0.05) is 6.92 Å². The molecule has 0 bridgehead atoms. The van der Waals surface area contributed by atoms with Crippen LogP contribution in [0.15, 0.2) is 9.27 Å². The summed E-state index contributed by atoms with van der Waals surface area (Å²) >= 11 is 3.26. The molecular formula is C12H17BrN2O2. The summed E-state index contributed by atoms with van der Waals surface area (Å²) in [5.41, 5.74) is 0.724. The van der Waals surface area contributed by atoms with Gasteiger partial charge in [-0.2, -0.15) is 0 Å². The van der Waals surface area contributed by atoms with Crippen LogP contribution in [0.25, 0.3) is 0 Å². The van der Waals surface area contributed by atoms with Crippen molar-refractivity contribution in [2.24, 2.45) is 0 Å². The van der Waals surface area contributed by atoms with Gasteiger partial charge in [0.1, 0.15) is 10.3 Å². The molecule has 2 heterocycles. The number of nitrogens with one attached hydrogen (secondary N) is 1. The lowest BCUT2D eigenvalue weighted by atomic mass is 10.1. The first-order valence-electron chi connectivity index (χ1n) is 6.10. The van der Waals surface area contributed by atoms with E-state index in [-0.39, 0.29) is 11.7 Å². The number of rotatable bonds is 3. The molecule has 0 radical (unpaired) electrons. The van der Waals surface area contributed by atoms with Crippen molar-refractivity contribution in [2.45, 2.75) is 45.1 Å². The highest BCUT2D eigenvalue weighted by atomic mass is 79.9. The highest BCUT2D eigenvalue weighted by Gasteiger charge is 2.16. The molecule has 1 fully saturated rings. The number of H-pyrrole nitrogens is 1. The largest absolute Gasteiger partial charge is 0.378 e. The van der Waals surface area contributed by atoms with Crippen LogP contribution in [0.1, 0.15) is 37.7 Å². The van der Waals surface area contributed by atoms with Crippen LogP contribution in [0.3, 0.4) is 0 Å². The molecule has 17 heavy (non-hydrogen) atoms. The zero-order chi connectivity index (χ0) is 12.3. The fraction of sp³-hybridized carbons (Fsp3) is 0.667. The van der Waals surface area contributed by atoms with Crippen molar-refractivity contribution in [1.82, 2.24) is 9.97 Å². The fourth-order valence-corrected chi connectivity index (χ4v) is 2.54. The Labute approximate surface area is 109 Å². The number of aromatic amines is 1. The summed E-state index contributed by atoms with van der Waals surface area (Å²) in [6, 6.07) is 0. The molecule has 4 nitrogen and oxygen atoms in total. The maximum Gasteiger partial charge on any atom is 0.265 e. The Balaban J connectivity index is 2.15. The molecule has 1 aliphatic rings. The number of halogens is 1. The third kappa shape index (κ3) is 3.16. The van der Waals surface area contributed by atoms with Crippen LogP contribution in [0.4, 0.5) is 0 Å². The average molecular weight is 301 g/mol. The molecule has 1 aromatic rings. The third-order valence-electron chi connectivity index (χ3n) is 3.01. The first kappa shape index (κ1) is 12.8. The summed E-state index contributed by atoms with van der Waals surface area (Å²) in [7, 11) is 0. The lowest BCUT2D eigenvalue weighted by molar-refractivity contribution is 0.0156. The molecule has 2 rings (SSSR count). The van der Waals surface area contributed by atoms with Crippen molar-refractivity contribution in [1.29, 1.82) is 0 Å². The molecule has 0 aliphatic carbocycles. The van der Waals surface area contributed by atoms with Gasteiger partial charge in [-0.25, -0.2) is 4.98 Å². The molecule has 94 valence electrons. The maximum atomic E-state index is 11.7. The zero-order valence-electron chi connectivity index (χ0n) is 9.96. The number of hydrogen-bond acceptors (Lipinski definition) is 3. The Morgan fingerprint density at radius 2 is 2.35 bits per heavy atom. The van der Waals surface area contributed by atoms with E-state index in [1.54, 1.807) is 0 Å². The zero-order valence-corrected chi connectivity index (χ0v) is 11.5. The van der Waals surface area contributed by atoms with E-state index in [1.807, 2.05) is 6.92 Å². The van der Waals surface area contributed by atoms with Crippen molar-refractivity contribution in [3.8, 4) is 0 Å². The molecule has 5 heteroatoms. The summed E-state index contributed by atoms with van der Waals surface area (Å²) < 4.78 is 6.20. The van der Waals surface area contributed by atoms with E-state index in [4.69, 9.17) is 4.74 Å². The van der Waals surface area contributed by atoms with Crippen LogP contribution in [-0.2, 0) is 17.6 Å². The summed E-state index contributed by atoms with van der Waals surface area (Å²) in [5, 5.41) is 0. The Hall–Kier alpha value is -0.680. The molecule has 1 N–H and O–H groups in total. The van der Waals surface area contributed by atoms with Gasteiger partial charge in [0.25, 0.3) is 5.56 Å². The van der Waals surface area contributed by atoms with Crippen molar-refractivity contribution >= 4 is 15.9 Å². The molecule has 1 unspecified atom stereocenters. The number of ether oxygens (including phenoxy) is 1. The van der Waals surface area contributed by atoms with Crippen molar-refractivity contribution in [2.75, 3.05) is 6.61 Å². The van der Waals surface area contributed by atoms with Gasteiger partial charge in [0.05, 0.1) is 11.8 Å². The van der Waals surface area contributed by atoms with Crippen molar-refractivity contribution < 1.29 is 4.74 Å². The SMILES string of the molecule is CCc1nc(CC2CCCCO2)[nH]c(=O)c1Br. The van der Waals surface area contributed by atoms with Gasteiger partial charge in [-0.05, 0) is 41.6 Å². The predicted molar refractivity (Wildman–Crippen MR) is 69.2 cm³/mol. The molecule has 0 saturated carbocycles. The highest BCUT2D eigenvalue weighted by Crippen LogP contribution is 2.16.